The zero-order valence-electron chi connectivity index (χ0n) is 8.86. The summed E-state index contributed by atoms with van der Waals surface area (Å²) < 4.78 is 18.7. The van der Waals surface area contributed by atoms with Crippen LogP contribution in [-0.4, -0.2) is 5.11 Å². The summed E-state index contributed by atoms with van der Waals surface area (Å²) in [5.74, 6) is 0.301. The van der Waals surface area contributed by atoms with Gasteiger partial charge in [-0.1, -0.05) is 29.8 Å². The van der Waals surface area contributed by atoms with E-state index in [2.05, 4.69) is 0 Å². The molecule has 88 valence electrons. The minimum absolute atomic E-state index is 0.0489. The second-order valence-corrected chi connectivity index (χ2v) is 3.85. The molecule has 0 unspecified atom stereocenters. The number of ether oxygens (including phenoxy) is 1. The number of para-hydroxylation sites is 1. The fourth-order valence-corrected chi connectivity index (χ4v) is 1.52. The second-order valence-electron chi connectivity index (χ2n) is 3.44. The van der Waals surface area contributed by atoms with Crippen LogP contribution >= 0.6 is 11.6 Å². The number of aliphatic hydroxyl groups is 1. The third-order valence-electron chi connectivity index (χ3n) is 2.26. The zero-order valence-corrected chi connectivity index (χ0v) is 9.62. The number of hydrogen-bond donors (Lipinski definition) is 1. The van der Waals surface area contributed by atoms with E-state index in [1.54, 1.807) is 30.3 Å². The first-order valence-corrected chi connectivity index (χ1v) is 5.40. The van der Waals surface area contributed by atoms with Crippen LogP contribution < -0.4 is 4.74 Å². The van der Waals surface area contributed by atoms with Crippen molar-refractivity contribution in [1.82, 2.24) is 0 Å². The molecule has 2 aromatic rings. The molecular formula is C13H10ClFO2. The van der Waals surface area contributed by atoms with E-state index in [-0.39, 0.29) is 11.6 Å². The number of hydrogen-bond acceptors (Lipinski definition) is 2. The van der Waals surface area contributed by atoms with Crippen molar-refractivity contribution in [3.8, 4) is 11.5 Å². The molecule has 0 atom stereocenters. The van der Waals surface area contributed by atoms with Gasteiger partial charge in [0.1, 0.15) is 17.3 Å². The molecule has 0 fully saturated rings. The Morgan fingerprint density at radius 3 is 2.65 bits per heavy atom. The van der Waals surface area contributed by atoms with E-state index >= 15 is 0 Å². The van der Waals surface area contributed by atoms with Crippen molar-refractivity contribution >= 4 is 11.6 Å². The molecule has 2 rings (SSSR count). The van der Waals surface area contributed by atoms with Gasteiger partial charge in [0.25, 0.3) is 0 Å². The van der Waals surface area contributed by atoms with E-state index in [0.29, 0.717) is 17.1 Å². The highest BCUT2D eigenvalue weighted by Gasteiger charge is 2.05. The quantitative estimate of drug-likeness (QED) is 0.901. The molecule has 0 spiro atoms. The van der Waals surface area contributed by atoms with Crippen LogP contribution in [0.2, 0.25) is 5.02 Å². The van der Waals surface area contributed by atoms with Gasteiger partial charge in [0.2, 0.25) is 0 Å². The van der Waals surface area contributed by atoms with Crippen LogP contribution in [0.1, 0.15) is 5.56 Å². The van der Waals surface area contributed by atoms with Crippen LogP contribution in [0.5, 0.6) is 11.5 Å². The molecular weight excluding hydrogens is 243 g/mol. The van der Waals surface area contributed by atoms with E-state index in [9.17, 15) is 4.39 Å². The Kier molecular flexibility index (Phi) is 3.61. The first kappa shape index (κ1) is 11.9. The molecule has 17 heavy (non-hydrogen) atoms. The molecule has 0 saturated carbocycles. The minimum Gasteiger partial charge on any atom is -0.457 e. The van der Waals surface area contributed by atoms with E-state index < -0.39 is 5.82 Å². The fourth-order valence-electron chi connectivity index (χ4n) is 1.40. The maximum atomic E-state index is 13.2. The standard InChI is InChI=1S/C13H10ClFO2/c14-11-6-5-10(7-12(11)15)17-13-4-2-1-3-9(13)8-16/h1-7,16H,8H2. The minimum atomic E-state index is -0.536. The highest BCUT2D eigenvalue weighted by Crippen LogP contribution is 2.27. The highest BCUT2D eigenvalue weighted by atomic mass is 35.5. The number of benzene rings is 2. The Bertz CT molecular complexity index is 529. The molecule has 1 N–H and O–H groups in total. The molecule has 2 aromatic carbocycles. The lowest BCUT2D eigenvalue weighted by Crippen LogP contribution is -1.91. The summed E-state index contributed by atoms with van der Waals surface area (Å²) in [6, 6.07) is 11.2. The Labute approximate surface area is 103 Å². The number of halogens is 2. The Morgan fingerprint density at radius 1 is 1.18 bits per heavy atom. The van der Waals surface area contributed by atoms with Crippen LogP contribution in [0.15, 0.2) is 42.5 Å². The molecule has 0 radical (unpaired) electrons. The zero-order chi connectivity index (χ0) is 12.3. The first-order chi connectivity index (χ1) is 8.20. The largest absolute Gasteiger partial charge is 0.457 e. The fraction of sp³-hybridized carbons (Fsp3) is 0.0769. The molecule has 0 aliphatic heterocycles. The van der Waals surface area contributed by atoms with Crippen molar-refractivity contribution in [1.29, 1.82) is 0 Å². The van der Waals surface area contributed by atoms with E-state index in [1.165, 1.54) is 12.1 Å². The highest BCUT2D eigenvalue weighted by molar-refractivity contribution is 6.30. The van der Waals surface area contributed by atoms with Crippen LogP contribution in [-0.2, 0) is 6.61 Å². The summed E-state index contributed by atoms with van der Waals surface area (Å²) in [5, 5.41) is 9.17. The molecule has 4 heteroatoms. The number of aliphatic hydroxyl groups excluding tert-OH is 1. The van der Waals surface area contributed by atoms with Gasteiger partial charge >= 0.3 is 0 Å². The molecule has 0 bridgehead atoms. The Morgan fingerprint density at radius 2 is 1.94 bits per heavy atom. The van der Waals surface area contributed by atoms with Crippen molar-refractivity contribution < 1.29 is 14.2 Å². The van der Waals surface area contributed by atoms with E-state index in [1.807, 2.05) is 0 Å². The predicted molar refractivity (Wildman–Crippen MR) is 63.8 cm³/mol. The summed E-state index contributed by atoms with van der Waals surface area (Å²) in [5.41, 5.74) is 0.642. The summed E-state index contributed by atoms with van der Waals surface area (Å²) in [7, 11) is 0. The lowest BCUT2D eigenvalue weighted by molar-refractivity contribution is 0.276. The van der Waals surface area contributed by atoms with Gasteiger partial charge in [-0.05, 0) is 18.2 Å². The SMILES string of the molecule is OCc1ccccc1Oc1ccc(Cl)c(F)c1. The maximum absolute atomic E-state index is 13.2. The van der Waals surface area contributed by atoms with Crippen molar-refractivity contribution in [3.05, 3.63) is 58.9 Å². The molecule has 0 aromatic heterocycles. The van der Waals surface area contributed by atoms with E-state index in [4.69, 9.17) is 21.4 Å². The predicted octanol–water partition coefficient (Wildman–Crippen LogP) is 3.76. The van der Waals surface area contributed by atoms with Crippen molar-refractivity contribution in [2.24, 2.45) is 0 Å². The molecule has 2 nitrogen and oxygen atoms in total. The average Bonchev–Trinajstić information content (AvgIpc) is 2.34. The smallest absolute Gasteiger partial charge is 0.145 e. The summed E-state index contributed by atoms with van der Waals surface area (Å²) in [6.45, 7) is -0.133. The van der Waals surface area contributed by atoms with Gasteiger partial charge in [-0.2, -0.15) is 0 Å². The van der Waals surface area contributed by atoms with Gasteiger partial charge in [0, 0.05) is 11.6 Å². The third-order valence-corrected chi connectivity index (χ3v) is 2.57. The monoisotopic (exact) mass is 252 g/mol. The Balaban J connectivity index is 2.28. The summed E-state index contributed by atoms with van der Waals surface area (Å²) >= 11 is 5.57. The lowest BCUT2D eigenvalue weighted by atomic mass is 10.2. The van der Waals surface area contributed by atoms with E-state index in [0.717, 1.165) is 0 Å². The second kappa shape index (κ2) is 5.17. The number of rotatable bonds is 3. The van der Waals surface area contributed by atoms with Gasteiger partial charge in [0.05, 0.1) is 11.6 Å². The molecule has 0 aliphatic rings. The first-order valence-electron chi connectivity index (χ1n) is 5.02. The van der Waals surface area contributed by atoms with Crippen LogP contribution in [0, 0.1) is 5.82 Å². The van der Waals surface area contributed by atoms with Gasteiger partial charge in [-0.25, -0.2) is 4.39 Å². The van der Waals surface area contributed by atoms with Gasteiger partial charge < -0.3 is 9.84 Å². The normalized spacial score (nSPS) is 10.3. The topological polar surface area (TPSA) is 29.5 Å². The molecule has 0 amide bonds. The van der Waals surface area contributed by atoms with Crippen LogP contribution in [0.4, 0.5) is 4.39 Å². The molecule has 0 heterocycles. The van der Waals surface area contributed by atoms with Crippen LogP contribution in [0.3, 0.4) is 0 Å². The van der Waals surface area contributed by atoms with Gasteiger partial charge in [-0.15, -0.1) is 0 Å². The Hall–Kier alpha value is -1.58. The lowest BCUT2D eigenvalue weighted by Gasteiger charge is -2.09. The third kappa shape index (κ3) is 2.75. The van der Waals surface area contributed by atoms with Crippen molar-refractivity contribution in [3.63, 3.8) is 0 Å². The van der Waals surface area contributed by atoms with Crippen LogP contribution in [0.25, 0.3) is 0 Å². The van der Waals surface area contributed by atoms with Crippen molar-refractivity contribution in [2.45, 2.75) is 6.61 Å². The average molecular weight is 253 g/mol. The molecule has 0 saturated heterocycles. The summed E-state index contributed by atoms with van der Waals surface area (Å²) in [6.07, 6.45) is 0. The van der Waals surface area contributed by atoms with Crippen molar-refractivity contribution in [2.75, 3.05) is 0 Å². The summed E-state index contributed by atoms with van der Waals surface area (Å²) in [4.78, 5) is 0. The van der Waals surface area contributed by atoms with Gasteiger partial charge in [-0.3, -0.25) is 0 Å². The molecule has 0 aliphatic carbocycles. The van der Waals surface area contributed by atoms with Gasteiger partial charge in [0.15, 0.2) is 0 Å². The maximum Gasteiger partial charge on any atom is 0.145 e.